The molecule has 0 atom stereocenters. The van der Waals surface area contributed by atoms with E-state index in [1.165, 1.54) is 18.7 Å². The van der Waals surface area contributed by atoms with Crippen LogP contribution in [0.2, 0.25) is 0 Å². The van der Waals surface area contributed by atoms with Gasteiger partial charge in [-0.1, -0.05) is 30.3 Å². The predicted octanol–water partition coefficient (Wildman–Crippen LogP) is 3.30. The molecule has 0 N–H and O–H groups in total. The van der Waals surface area contributed by atoms with Crippen LogP contribution in [0, 0.1) is 6.92 Å². The highest BCUT2D eigenvalue weighted by molar-refractivity contribution is 6.05. The number of fused-ring (bicyclic) bond motifs is 1. The lowest BCUT2D eigenvalue weighted by Gasteiger charge is -2.10. The monoisotopic (exact) mass is 352 g/mol. The van der Waals surface area contributed by atoms with Crippen molar-refractivity contribution in [2.24, 2.45) is 0 Å². The van der Waals surface area contributed by atoms with E-state index in [0.29, 0.717) is 29.0 Å². The van der Waals surface area contributed by atoms with E-state index in [4.69, 9.17) is 9.47 Å². The summed E-state index contributed by atoms with van der Waals surface area (Å²) in [6, 6.07) is 13.5. The quantitative estimate of drug-likeness (QED) is 0.503. The molecule has 0 saturated heterocycles. The van der Waals surface area contributed by atoms with Gasteiger partial charge in [0, 0.05) is 12.3 Å². The first-order valence-electron chi connectivity index (χ1n) is 8.25. The molecule has 0 bridgehead atoms. The minimum absolute atomic E-state index is 0.0516. The van der Waals surface area contributed by atoms with Crippen molar-refractivity contribution in [3.05, 3.63) is 59.3 Å². The van der Waals surface area contributed by atoms with Crippen LogP contribution in [0.25, 0.3) is 10.9 Å². The lowest BCUT2D eigenvalue weighted by molar-refractivity contribution is -0.141. The summed E-state index contributed by atoms with van der Waals surface area (Å²) in [7, 11) is 1.32. The molecule has 3 rings (SSSR count). The molecular formula is C20H20N2O4. The molecule has 0 aliphatic rings. The van der Waals surface area contributed by atoms with E-state index in [1.807, 2.05) is 49.4 Å². The number of aryl methyl sites for hydroxylation is 1. The molecule has 0 amide bonds. The Kier molecular flexibility index (Phi) is 5.02. The van der Waals surface area contributed by atoms with Crippen LogP contribution in [0.15, 0.2) is 42.5 Å². The molecule has 0 unspecified atom stereocenters. The van der Waals surface area contributed by atoms with Crippen molar-refractivity contribution < 1.29 is 19.1 Å². The van der Waals surface area contributed by atoms with E-state index in [0.717, 1.165) is 11.1 Å². The first kappa shape index (κ1) is 17.7. The molecular weight excluding hydrogens is 332 g/mol. The fourth-order valence-corrected chi connectivity index (χ4v) is 2.76. The first-order chi connectivity index (χ1) is 12.5. The van der Waals surface area contributed by atoms with Gasteiger partial charge in [0.15, 0.2) is 5.78 Å². The van der Waals surface area contributed by atoms with Crippen LogP contribution in [0.4, 0.5) is 0 Å². The average molecular weight is 352 g/mol. The van der Waals surface area contributed by atoms with Gasteiger partial charge in [-0.3, -0.25) is 14.3 Å². The molecule has 2 aromatic carbocycles. The Morgan fingerprint density at radius 1 is 1.15 bits per heavy atom. The second-order valence-electron chi connectivity index (χ2n) is 6.05. The van der Waals surface area contributed by atoms with E-state index >= 15 is 0 Å². The minimum atomic E-state index is -0.424. The summed E-state index contributed by atoms with van der Waals surface area (Å²) < 4.78 is 12.1. The number of ketones is 1. The second kappa shape index (κ2) is 7.39. The molecule has 134 valence electrons. The maximum Gasteiger partial charge on any atom is 0.327 e. The van der Waals surface area contributed by atoms with Gasteiger partial charge in [0.25, 0.3) is 0 Å². The highest BCUT2D eigenvalue weighted by Crippen LogP contribution is 2.29. The van der Waals surface area contributed by atoms with Crippen LogP contribution in [0.3, 0.4) is 0 Å². The Morgan fingerprint density at radius 3 is 2.54 bits per heavy atom. The molecule has 3 aromatic rings. The summed E-state index contributed by atoms with van der Waals surface area (Å²) in [5.41, 5.74) is 2.97. The second-order valence-corrected chi connectivity index (χ2v) is 6.05. The van der Waals surface area contributed by atoms with Gasteiger partial charge in [0.05, 0.1) is 12.6 Å². The van der Waals surface area contributed by atoms with Crippen molar-refractivity contribution in [3.8, 4) is 5.75 Å². The number of ether oxygens (including phenoxy) is 2. The number of carbonyl (C=O) groups is 2. The number of rotatable bonds is 6. The highest BCUT2D eigenvalue weighted by atomic mass is 16.5. The van der Waals surface area contributed by atoms with E-state index in [1.54, 1.807) is 0 Å². The van der Waals surface area contributed by atoms with Gasteiger partial charge in [0.1, 0.15) is 24.6 Å². The zero-order chi connectivity index (χ0) is 18.7. The molecule has 0 radical (unpaired) electrons. The van der Waals surface area contributed by atoms with Gasteiger partial charge in [-0.25, -0.2) is 0 Å². The minimum Gasteiger partial charge on any atom is -0.489 e. The van der Waals surface area contributed by atoms with Crippen molar-refractivity contribution in [1.29, 1.82) is 0 Å². The number of esters is 1. The summed E-state index contributed by atoms with van der Waals surface area (Å²) in [4.78, 5) is 23.6. The third-order valence-corrected chi connectivity index (χ3v) is 4.12. The third-order valence-electron chi connectivity index (χ3n) is 4.12. The number of methoxy groups -OCH3 is 1. The van der Waals surface area contributed by atoms with Crippen molar-refractivity contribution in [3.63, 3.8) is 0 Å². The SMILES string of the molecule is COC(=O)Cn1nc(C(C)=O)c2cc(OCc3ccccc3)c(C)cc21. The standard InChI is InChI=1S/C20H20N2O4/c1-13-9-17-16(10-18(13)26-12-15-7-5-4-6-8-15)20(14(2)23)21-22(17)11-19(24)25-3/h4-10H,11-12H2,1-3H3. The zero-order valence-electron chi connectivity index (χ0n) is 15.0. The van der Waals surface area contributed by atoms with Gasteiger partial charge in [-0.15, -0.1) is 0 Å². The number of carbonyl (C=O) groups excluding carboxylic acids is 2. The van der Waals surface area contributed by atoms with E-state index in [9.17, 15) is 9.59 Å². The molecule has 26 heavy (non-hydrogen) atoms. The summed E-state index contributed by atoms with van der Waals surface area (Å²) >= 11 is 0. The Hall–Kier alpha value is -3.15. The first-order valence-corrected chi connectivity index (χ1v) is 8.25. The zero-order valence-corrected chi connectivity index (χ0v) is 15.0. The number of Topliss-reactive ketones (excluding diaryl/α,β-unsaturated/α-hetero) is 1. The number of hydrogen-bond acceptors (Lipinski definition) is 5. The average Bonchev–Trinajstić information content (AvgIpc) is 2.98. The van der Waals surface area contributed by atoms with Crippen LogP contribution in [0.1, 0.15) is 28.5 Å². The lowest BCUT2D eigenvalue weighted by Crippen LogP contribution is -2.13. The van der Waals surface area contributed by atoms with E-state index in [2.05, 4.69) is 5.10 Å². The number of hydrogen-bond donors (Lipinski definition) is 0. The Morgan fingerprint density at radius 2 is 1.88 bits per heavy atom. The molecule has 0 saturated carbocycles. The number of nitrogens with zero attached hydrogens (tertiary/aromatic N) is 2. The molecule has 6 heteroatoms. The van der Waals surface area contributed by atoms with Crippen molar-refractivity contribution >= 4 is 22.7 Å². The highest BCUT2D eigenvalue weighted by Gasteiger charge is 2.18. The molecule has 0 spiro atoms. The third kappa shape index (κ3) is 3.59. The number of benzene rings is 2. The molecule has 6 nitrogen and oxygen atoms in total. The van der Waals surface area contributed by atoms with Gasteiger partial charge >= 0.3 is 5.97 Å². The van der Waals surface area contributed by atoms with Gasteiger partial charge in [0.2, 0.25) is 0 Å². The maximum atomic E-state index is 12.0. The van der Waals surface area contributed by atoms with Gasteiger partial charge in [-0.2, -0.15) is 5.10 Å². The van der Waals surface area contributed by atoms with Crippen LogP contribution in [-0.2, 0) is 22.7 Å². The summed E-state index contributed by atoms with van der Waals surface area (Å²) in [5, 5.41) is 4.95. The summed E-state index contributed by atoms with van der Waals surface area (Å²) in [6.07, 6.45) is 0. The molecule has 1 heterocycles. The van der Waals surface area contributed by atoms with E-state index < -0.39 is 5.97 Å². The largest absolute Gasteiger partial charge is 0.489 e. The van der Waals surface area contributed by atoms with Crippen LogP contribution >= 0.6 is 0 Å². The fourth-order valence-electron chi connectivity index (χ4n) is 2.76. The topological polar surface area (TPSA) is 70.4 Å². The predicted molar refractivity (Wildman–Crippen MR) is 97.3 cm³/mol. The molecule has 0 fully saturated rings. The molecule has 1 aromatic heterocycles. The van der Waals surface area contributed by atoms with Crippen LogP contribution in [-0.4, -0.2) is 28.6 Å². The summed E-state index contributed by atoms with van der Waals surface area (Å²) in [5.74, 6) is 0.0875. The van der Waals surface area contributed by atoms with Gasteiger partial charge < -0.3 is 9.47 Å². The van der Waals surface area contributed by atoms with Crippen molar-refractivity contribution in [2.45, 2.75) is 27.0 Å². The van der Waals surface area contributed by atoms with E-state index in [-0.39, 0.29) is 12.3 Å². The fraction of sp³-hybridized carbons (Fsp3) is 0.250. The summed E-state index contributed by atoms with van der Waals surface area (Å²) in [6.45, 7) is 3.75. The van der Waals surface area contributed by atoms with Crippen LogP contribution in [0.5, 0.6) is 5.75 Å². The van der Waals surface area contributed by atoms with Crippen molar-refractivity contribution in [2.75, 3.05) is 7.11 Å². The smallest absolute Gasteiger partial charge is 0.327 e. The van der Waals surface area contributed by atoms with Gasteiger partial charge in [-0.05, 0) is 30.2 Å². The lowest BCUT2D eigenvalue weighted by atomic mass is 10.1. The van der Waals surface area contributed by atoms with Crippen molar-refractivity contribution in [1.82, 2.24) is 9.78 Å². The maximum absolute atomic E-state index is 12.0. The number of aromatic nitrogens is 2. The Bertz CT molecular complexity index is 961. The van der Waals surface area contributed by atoms with Crippen LogP contribution < -0.4 is 4.74 Å². The molecule has 0 aliphatic heterocycles. The Balaban J connectivity index is 1.99. The normalized spacial score (nSPS) is 10.7. The molecule has 0 aliphatic carbocycles. The Labute approximate surface area is 151 Å².